The van der Waals surface area contributed by atoms with E-state index in [1.165, 1.54) is 24.6 Å². The van der Waals surface area contributed by atoms with Gasteiger partial charge in [0, 0.05) is 5.92 Å². The van der Waals surface area contributed by atoms with Crippen molar-refractivity contribution in [3.8, 4) is 0 Å². The molecule has 3 rings (SSSR count). The molecule has 0 saturated heterocycles. The highest BCUT2D eigenvalue weighted by Crippen LogP contribution is 2.47. The van der Waals surface area contributed by atoms with Gasteiger partial charge in [-0.1, -0.05) is 18.5 Å². The Morgan fingerprint density at radius 1 is 1.45 bits per heavy atom. The van der Waals surface area contributed by atoms with Crippen LogP contribution in [0.5, 0.6) is 0 Å². The van der Waals surface area contributed by atoms with E-state index < -0.39 is 5.97 Å². The molecule has 2 N–H and O–H groups in total. The minimum absolute atomic E-state index is 0.144. The van der Waals surface area contributed by atoms with Crippen molar-refractivity contribution in [2.45, 2.75) is 19.3 Å². The molecule has 0 unspecified atom stereocenters. The molecule has 2 atom stereocenters. The van der Waals surface area contributed by atoms with Gasteiger partial charge in [-0.25, -0.2) is 4.79 Å². The summed E-state index contributed by atoms with van der Waals surface area (Å²) in [7, 11) is 0. The van der Waals surface area contributed by atoms with Gasteiger partial charge in [0.15, 0.2) is 0 Å². The SMILES string of the molecule is C[C@H]1C[C@@H]1c1ccc(/C=N\Nc2cc(C(=O)O)ccc2Cl)o1. The molecule has 0 aliphatic heterocycles. The molecule has 22 heavy (non-hydrogen) atoms. The van der Waals surface area contributed by atoms with Crippen LogP contribution < -0.4 is 5.43 Å². The van der Waals surface area contributed by atoms with Gasteiger partial charge in [0.1, 0.15) is 11.5 Å². The maximum atomic E-state index is 10.9. The molecule has 1 saturated carbocycles. The Labute approximate surface area is 132 Å². The third-order valence-corrected chi connectivity index (χ3v) is 4.04. The first-order valence-electron chi connectivity index (χ1n) is 6.96. The minimum Gasteiger partial charge on any atom is -0.478 e. The summed E-state index contributed by atoms with van der Waals surface area (Å²) in [6.45, 7) is 2.19. The molecule has 1 heterocycles. The fraction of sp³-hybridized carbons (Fsp3) is 0.250. The molecule has 6 heteroatoms. The van der Waals surface area contributed by atoms with Crippen molar-refractivity contribution in [1.29, 1.82) is 0 Å². The summed E-state index contributed by atoms with van der Waals surface area (Å²) in [6, 6.07) is 8.22. The van der Waals surface area contributed by atoms with Crippen LogP contribution in [0.3, 0.4) is 0 Å². The number of nitrogens with zero attached hydrogens (tertiary/aromatic N) is 1. The summed E-state index contributed by atoms with van der Waals surface area (Å²) in [4.78, 5) is 10.9. The fourth-order valence-electron chi connectivity index (χ4n) is 2.27. The van der Waals surface area contributed by atoms with Crippen molar-refractivity contribution < 1.29 is 14.3 Å². The van der Waals surface area contributed by atoms with Crippen LogP contribution >= 0.6 is 11.6 Å². The van der Waals surface area contributed by atoms with Crippen LogP contribution in [0.25, 0.3) is 0 Å². The molecule has 114 valence electrons. The lowest BCUT2D eigenvalue weighted by Crippen LogP contribution is -1.98. The fourth-order valence-corrected chi connectivity index (χ4v) is 2.42. The Balaban J connectivity index is 1.68. The molecular formula is C16H15ClN2O3. The van der Waals surface area contributed by atoms with E-state index in [4.69, 9.17) is 21.1 Å². The average Bonchev–Trinajstić information content (AvgIpc) is 3.03. The molecule has 1 aliphatic rings. The van der Waals surface area contributed by atoms with Crippen LogP contribution in [0.1, 0.15) is 41.1 Å². The second kappa shape index (κ2) is 5.85. The average molecular weight is 319 g/mol. The van der Waals surface area contributed by atoms with E-state index in [0.717, 1.165) is 5.76 Å². The number of hydrazone groups is 1. The third-order valence-electron chi connectivity index (χ3n) is 3.71. The summed E-state index contributed by atoms with van der Waals surface area (Å²) in [5, 5.41) is 13.4. The summed E-state index contributed by atoms with van der Waals surface area (Å²) < 4.78 is 5.69. The van der Waals surface area contributed by atoms with Gasteiger partial charge >= 0.3 is 5.97 Å². The molecule has 1 aromatic carbocycles. The number of benzene rings is 1. The van der Waals surface area contributed by atoms with Gasteiger partial charge in [0.05, 0.1) is 22.5 Å². The van der Waals surface area contributed by atoms with E-state index in [9.17, 15) is 4.79 Å². The molecule has 1 aliphatic carbocycles. The number of halogens is 1. The van der Waals surface area contributed by atoms with E-state index in [0.29, 0.717) is 28.3 Å². The second-order valence-corrected chi connectivity index (χ2v) is 5.84. The number of carboxylic acid groups (broad SMARTS) is 1. The zero-order chi connectivity index (χ0) is 15.7. The van der Waals surface area contributed by atoms with Crippen LogP contribution in [0, 0.1) is 5.92 Å². The molecule has 0 radical (unpaired) electrons. The van der Waals surface area contributed by atoms with Crippen molar-refractivity contribution in [2.24, 2.45) is 11.0 Å². The molecular weight excluding hydrogens is 304 g/mol. The Hall–Kier alpha value is -2.27. The highest BCUT2D eigenvalue weighted by Gasteiger charge is 2.36. The quantitative estimate of drug-likeness (QED) is 0.640. The van der Waals surface area contributed by atoms with Gasteiger partial charge in [0.25, 0.3) is 0 Å². The van der Waals surface area contributed by atoms with E-state index in [-0.39, 0.29) is 5.56 Å². The van der Waals surface area contributed by atoms with E-state index in [2.05, 4.69) is 17.5 Å². The number of carbonyl (C=O) groups is 1. The summed E-state index contributed by atoms with van der Waals surface area (Å²) >= 11 is 6.00. The number of anilines is 1. The molecule has 5 nitrogen and oxygen atoms in total. The Morgan fingerprint density at radius 3 is 2.91 bits per heavy atom. The molecule has 1 aromatic heterocycles. The lowest BCUT2D eigenvalue weighted by Gasteiger charge is -2.04. The highest BCUT2D eigenvalue weighted by molar-refractivity contribution is 6.33. The van der Waals surface area contributed by atoms with Gasteiger partial charge in [-0.2, -0.15) is 5.10 Å². The molecule has 0 spiro atoms. The number of aromatic carboxylic acids is 1. The zero-order valence-electron chi connectivity index (χ0n) is 11.9. The first kappa shape index (κ1) is 14.7. The lowest BCUT2D eigenvalue weighted by molar-refractivity contribution is 0.0697. The van der Waals surface area contributed by atoms with E-state index in [1.807, 2.05) is 12.1 Å². The number of hydrogen-bond donors (Lipinski definition) is 2. The predicted octanol–water partition coefficient (Wildman–Crippen LogP) is 4.20. The van der Waals surface area contributed by atoms with Gasteiger partial charge in [-0.15, -0.1) is 0 Å². The summed E-state index contributed by atoms with van der Waals surface area (Å²) in [5.41, 5.74) is 3.31. The van der Waals surface area contributed by atoms with Crippen molar-refractivity contribution >= 4 is 29.5 Å². The van der Waals surface area contributed by atoms with E-state index in [1.54, 1.807) is 6.21 Å². The third kappa shape index (κ3) is 3.14. The van der Waals surface area contributed by atoms with Crippen LogP contribution in [-0.4, -0.2) is 17.3 Å². The first-order valence-corrected chi connectivity index (χ1v) is 7.34. The van der Waals surface area contributed by atoms with E-state index >= 15 is 0 Å². The van der Waals surface area contributed by atoms with Crippen LogP contribution in [0.4, 0.5) is 5.69 Å². The topological polar surface area (TPSA) is 74.8 Å². The maximum Gasteiger partial charge on any atom is 0.335 e. The smallest absolute Gasteiger partial charge is 0.335 e. The van der Waals surface area contributed by atoms with Crippen molar-refractivity contribution in [3.63, 3.8) is 0 Å². The Morgan fingerprint density at radius 2 is 2.23 bits per heavy atom. The van der Waals surface area contributed by atoms with Gasteiger partial charge in [-0.3, -0.25) is 5.43 Å². The van der Waals surface area contributed by atoms with Crippen molar-refractivity contribution in [2.75, 3.05) is 5.43 Å². The largest absolute Gasteiger partial charge is 0.478 e. The number of hydrogen-bond acceptors (Lipinski definition) is 4. The maximum absolute atomic E-state index is 10.9. The first-order chi connectivity index (χ1) is 10.5. The summed E-state index contributed by atoms with van der Waals surface area (Å²) in [6.07, 6.45) is 2.71. The standard InChI is InChI=1S/C16H15ClN2O3/c1-9-6-12(9)15-5-3-11(22-15)8-18-19-14-7-10(16(20)21)2-4-13(14)17/h2-5,7-9,12,19H,6H2,1H3,(H,20,21)/b18-8-/t9-,12-/m0/s1. The number of rotatable bonds is 5. The van der Waals surface area contributed by atoms with Crippen molar-refractivity contribution in [1.82, 2.24) is 0 Å². The number of furan rings is 1. The Kier molecular flexibility index (Phi) is 3.90. The Bertz CT molecular complexity index is 739. The van der Waals surface area contributed by atoms with Crippen LogP contribution in [0.15, 0.2) is 39.9 Å². The van der Waals surface area contributed by atoms with Gasteiger partial charge < -0.3 is 9.52 Å². The highest BCUT2D eigenvalue weighted by atomic mass is 35.5. The van der Waals surface area contributed by atoms with Crippen LogP contribution in [0.2, 0.25) is 5.02 Å². The molecule has 0 amide bonds. The number of carboxylic acids is 1. The minimum atomic E-state index is -1.02. The molecule has 0 bridgehead atoms. The monoisotopic (exact) mass is 318 g/mol. The van der Waals surface area contributed by atoms with Gasteiger partial charge in [0.2, 0.25) is 0 Å². The number of nitrogens with one attached hydrogen (secondary N) is 1. The lowest BCUT2D eigenvalue weighted by atomic mass is 10.2. The second-order valence-electron chi connectivity index (χ2n) is 5.43. The summed E-state index contributed by atoms with van der Waals surface area (Å²) in [5.74, 6) is 1.83. The van der Waals surface area contributed by atoms with Crippen LogP contribution in [-0.2, 0) is 0 Å². The molecule has 2 aromatic rings. The van der Waals surface area contributed by atoms with Crippen molar-refractivity contribution in [3.05, 3.63) is 52.4 Å². The molecule has 1 fully saturated rings. The normalized spacial score (nSPS) is 20.3. The predicted molar refractivity (Wildman–Crippen MR) is 84.9 cm³/mol. The zero-order valence-corrected chi connectivity index (χ0v) is 12.7. The van der Waals surface area contributed by atoms with Gasteiger partial charge in [-0.05, 0) is 42.7 Å².